The highest BCUT2D eigenvalue weighted by Gasteiger charge is 2.31. The standard InChI is InChI=1S/C17H19ClN4O/c1-4-8-22-14-9-11(3)6-7-13(14)21(5-2)16-12(17(22)23)10-15(18)19-20-16/h6-7,9-10H,4-5,8H2,1-3H3. The molecule has 0 spiro atoms. The lowest BCUT2D eigenvalue weighted by Crippen LogP contribution is -2.31. The van der Waals surface area contributed by atoms with Crippen LogP contribution in [0, 0.1) is 6.92 Å². The number of hydrogen-bond acceptors (Lipinski definition) is 4. The van der Waals surface area contributed by atoms with Crippen molar-refractivity contribution >= 4 is 34.7 Å². The Morgan fingerprint density at radius 1 is 1.09 bits per heavy atom. The maximum Gasteiger partial charge on any atom is 0.262 e. The summed E-state index contributed by atoms with van der Waals surface area (Å²) >= 11 is 5.98. The Morgan fingerprint density at radius 2 is 1.87 bits per heavy atom. The molecule has 2 heterocycles. The zero-order valence-electron chi connectivity index (χ0n) is 13.5. The number of aryl methyl sites for hydroxylation is 1. The molecule has 1 amide bonds. The second kappa shape index (κ2) is 6.16. The zero-order chi connectivity index (χ0) is 16.6. The van der Waals surface area contributed by atoms with Crippen LogP contribution in [0.5, 0.6) is 0 Å². The van der Waals surface area contributed by atoms with E-state index in [1.54, 1.807) is 6.07 Å². The van der Waals surface area contributed by atoms with Crippen LogP contribution in [-0.4, -0.2) is 29.2 Å². The van der Waals surface area contributed by atoms with Gasteiger partial charge in [0.05, 0.1) is 16.9 Å². The first-order chi connectivity index (χ1) is 11.1. The molecule has 0 aliphatic carbocycles. The van der Waals surface area contributed by atoms with Gasteiger partial charge in [0, 0.05) is 13.1 Å². The largest absolute Gasteiger partial charge is 0.323 e. The molecule has 0 saturated heterocycles. The molecule has 0 bridgehead atoms. The Labute approximate surface area is 140 Å². The Bertz CT molecular complexity index is 762. The summed E-state index contributed by atoms with van der Waals surface area (Å²) in [4.78, 5) is 16.9. The summed E-state index contributed by atoms with van der Waals surface area (Å²) in [6, 6.07) is 7.74. The van der Waals surface area contributed by atoms with Crippen molar-refractivity contribution in [3.8, 4) is 0 Å². The molecule has 120 valence electrons. The monoisotopic (exact) mass is 330 g/mol. The third kappa shape index (κ3) is 2.65. The van der Waals surface area contributed by atoms with Crippen molar-refractivity contribution in [2.75, 3.05) is 22.9 Å². The molecule has 23 heavy (non-hydrogen) atoms. The average Bonchev–Trinajstić information content (AvgIpc) is 2.63. The van der Waals surface area contributed by atoms with Gasteiger partial charge < -0.3 is 9.80 Å². The van der Waals surface area contributed by atoms with Crippen LogP contribution in [0.15, 0.2) is 24.3 Å². The van der Waals surface area contributed by atoms with Gasteiger partial charge in [-0.05, 0) is 44.0 Å². The van der Waals surface area contributed by atoms with Gasteiger partial charge in [0.2, 0.25) is 0 Å². The first kappa shape index (κ1) is 15.7. The molecule has 1 aliphatic rings. The second-order valence-electron chi connectivity index (χ2n) is 5.60. The van der Waals surface area contributed by atoms with E-state index in [1.165, 1.54) is 0 Å². The van der Waals surface area contributed by atoms with E-state index >= 15 is 0 Å². The fraction of sp³-hybridized carbons (Fsp3) is 0.353. The molecule has 0 N–H and O–H groups in total. The molecule has 0 radical (unpaired) electrons. The van der Waals surface area contributed by atoms with Gasteiger partial charge in [0.15, 0.2) is 11.0 Å². The van der Waals surface area contributed by atoms with Gasteiger partial charge >= 0.3 is 0 Å². The number of fused-ring (bicyclic) bond motifs is 2. The van der Waals surface area contributed by atoms with Crippen molar-refractivity contribution in [2.24, 2.45) is 0 Å². The van der Waals surface area contributed by atoms with Crippen molar-refractivity contribution in [3.05, 3.63) is 40.5 Å². The van der Waals surface area contributed by atoms with Gasteiger partial charge in [-0.3, -0.25) is 4.79 Å². The van der Waals surface area contributed by atoms with Crippen LogP contribution in [0.1, 0.15) is 36.2 Å². The number of rotatable bonds is 3. The number of halogens is 1. The van der Waals surface area contributed by atoms with Crippen LogP contribution < -0.4 is 9.80 Å². The average molecular weight is 331 g/mol. The molecule has 1 aromatic heterocycles. The number of aromatic nitrogens is 2. The number of anilines is 3. The van der Waals surface area contributed by atoms with Crippen LogP contribution in [-0.2, 0) is 0 Å². The molecule has 3 rings (SSSR count). The second-order valence-corrected chi connectivity index (χ2v) is 5.98. The van der Waals surface area contributed by atoms with Gasteiger partial charge in [-0.2, -0.15) is 0 Å². The van der Waals surface area contributed by atoms with E-state index < -0.39 is 0 Å². The fourth-order valence-electron chi connectivity index (χ4n) is 2.93. The lowest BCUT2D eigenvalue weighted by molar-refractivity contribution is 0.0988. The van der Waals surface area contributed by atoms with Crippen molar-refractivity contribution in [3.63, 3.8) is 0 Å². The molecule has 6 heteroatoms. The van der Waals surface area contributed by atoms with Crippen molar-refractivity contribution in [2.45, 2.75) is 27.2 Å². The van der Waals surface area contributed by atoms with E-state index in [0.29, 0.717) is 24.5 Å². The van der Waals surface area contributed by atoms with Gasteiger partial charge in [0.25, 0.3) is 5.91 Å². The molecule has 1 aromatic carbocycles. The maximum atomic E-state index is 13.1. The van der Waals surface area contributed by atoms with Crippen LogP contribution in [0.25, 0.3) is 0 Å². The summed E-state index contributed by atoms with van der Waals surface area (Å²) < 4.78 is 0. The van der Waals surface area contributed by atoms with E-state index in [-0.39, 0.29) is 11.1 Å². The minimum Gasteiger partial charge on any atom is -0.323 e. The minimum atomic E-state index is -0.0820. The predicted molar refractivity (Wildman–Crippen MR) is 92.9 cm³/mol. The summed E-state index contributed by atoms with van der Waals surface area (Å²) in [5.41, 5.74) is 3.49. The predicted octanol–water partition coefficient (Wildman–Crippen LogP) is 3.97. The molecule has 0 fully saturated rings. The first-order valence-electron chi connectivity index (χ1n) is 7.80. The SMILES string of the molecule is CCCN1C(=O)c2cc(Cl)nnc2N(CC)c2ccc(C)cc21. The maximum absolute atomic E-state index is 13.1. The Hall–Kier alpha value is -2.14. The Kier molecular flexibility index (Phi) is 4.22. The quantitative estimate of drug-likeness (QED) is 0.854. The van der Waals surface area contributed by atoms with E-state index in [4.69, 9.17) is 11.6 Å². The molecule has 5 nitrogen and oxygen atoms in total. The molecular formula is C17H19ClN4O. The summed E-state index contributed by atoms with van der Waals surface area (Å²) in [6.07, 6.45) is 0.868. The van der Waals surface area contributed by atoms with Crippen molar-refractivity contribution in [1.29, 1.82) is 0 Å². The van der Waals surface area contributed by atoms with Gasteiger partial charge in [-0.1, -0.05) is 24.6 Å². The highest BCUT2D eigenvalue weighted by Crippen LogP contribution is 2.40. The van der Waals surface area contributed by atoms with Crippen LogP contribution in [0.4, 0.5) is 17.2 Å². The van der Waals surface area contributed by atoms with E-state index in [0.717, 1.165) is 23.4 Å². The number of nitrogens with zero attached hydrogens (tertiary/aromatic N) is 4. The summed E-state index contributed by atoms with van der Waals surface area (Å²) in [5.74, 6) is 0.479. The number of carbonyl (C=O) groups is 1. The number of hydrogen-bond donors (Lipinski definition) is 0. The lowest BCUT2D eigenvalue weighted by Gasteiger charge is -2.25. The van der Waals surface area contributed by atoms with Crippen LogP contribution >= 0.6 is 11.6 Å². The normalized spacial score (nSPS) is 13.7. The highest BCUT2D eigenvalue weighted by molar-refractivity contribution is 6.30. The molecule has 0 saturated carbocycles. The zero-order valence-corrected chi connectivity index (χ0v) is 14.3. The molecular weight excluding hydrogens is 312 g/mol. The fourth-order valence-corrected chi connectivity index (χ4v) is 3.08. The number of benzene rings is 1. The lowest BCUT2D eigenvalue weighted by atomic mass is 10.1. The molecule has 1 aliphatic heterocycles. The Morgan fingerprint density at radius 3 is 2.57 bits per heavy atom. The third-order valence-electron chi connectivity index (χ3n) is 3.95. The van der Waals surface area contributed by atoms with Crippen molar-refractivity contribution in [1.82, 2.24) is 10.2 Å². The number of carbonyl (C=O) groups excluding carboxylic acids is 1. The van der Waals surface area contributed by atoms with E-state index in [9.17, 15) is 4.79 Å². The first-order valence-corrected chi connectivity index (χ1v) is 8.17. The molecule has 2 aromatic rings. The Balaban J connectivity index is 2.30. The third-order valence-corrected chi connectivity index (χ3v) is 4.14. The number of amides is 1. The minimum absolute atomic E-state index is 0.0820. The van der Waals surface area contributed by atoms with Crippen LogP contribution in [0.3, 0.4) is 0 Å². The smallest absolute Gasteiger partial charge is 0.262 e. The van der Waals surface area contributed by atoms with Crippen molar-refractivity contribution < 1.29 is 4.79 Å². The van der Waals surface area contributed by atoms with Gasteiger partial charge in [-0.25, -0.2) is 0 Å². The van der Waals surface area contributed by atoms with Gasteiger partial charge in [-0.15, -0.1) is 10.2 Å². The summed E-state index contributed by atoms with van der Waals surface area (Å²) in [6.45, 7) is 7.45. The molecule has 0 unspecified atom stereocenters. The van der Waals surface area contributed by atoms with Gasteiger partial charge in [0.1, 0.15) is 0 Å². The molecule has 0 atom stereocenters. The summed E-state index contributed by atoms with van der Waals surface area (Å²) in [5, 5.41) is 8.35. The van der Waals surface area contributed by atoms with E-state index in [2.05, 4.69) is 17.1 Å². The van der Waals surface area contributed by atoms with Crippen LogP contribution in [0.2, 0.25) is 5.15 Å². The summed E-state index contributed by atoms with van der Waals surface area (Å²) in [7, 11) is 0. The van der Waals surface area contributed by atoms with E-state index in [1.807, 2.05) is 41.8 Å². The topological polar surface area (TPSA) is 49.3 Å². The highest BCUT2D eigenvalue weighted by atomic mass is 35.5.